The molecule has 5 nitrogen and oxygen atoms in total. The number of carbonyl (C=O) groups excluding carboxylic acids is 1. The minimum Gasteiger partial charge on any atom is -0.380 e. The number of nitrogens with zero attached hydrogens (tertiary/aromatic N) is 2. The Kier molecular flexibility index (Phi) is 7.80. The van der Waals surface area contributed by atoms with Gasteiger partial charge < -0.3 is 15.0 Å². The Balaban J connectivity index is 1.33. The van der Waals surface area contributed by atoms with E-state index in [-0.39, 0.29) is 5.78 Å². The molecule has 1 saturated heterocycles. The van der Waals surface area contributed by atoms with Crippen molar-refractivity contribution in [1.29, 1.82) is 0 Å². The van der Waals surface area contributed by atoms with Crippen molar-refractivity contribution in [2.45, 2.75) is 12.6 Å². The van der Waals surface area contributed by atoms with Crippen molar-refractivity contribution in [2.24, 2.45) is 0 Å². The SMILES string of the molecule is CN1CCN(Cc2ccc(C#Cc3cccc(C(=O)C(O)c4ccccc4)c3-c3ccc4cc[nH]c4c3)cc2)CC1. The Morgan fingerprint density at radius 2 is 1.66 bits per heavy atom. The number of carbonyl (C=O) groups is 1. The van der Waals surface area contributed by atoms with Crippen LogP contribution in [0.1, 0.15) is 38.7 Å². The topological polar surface area (TPSA) is 59.6 Å². The monoisotopic (exact) mass is 539 g/mol. The van der Waals surface area contributed by atoms with Crippen molar-refractivity contribution < 1.29 is 9.90 Å². The van der Waals surface area contributed by atoms with Gasteiger partial charge in [-0.15, -0.1) is 0 Å². The largest absolute Gasteiger partial charge is 0.380 e. The van der Waals surface area contributed by atoms with Crippen LogP contribution in [-0.2, 0) is 6.54 Å². The van der Waals surface area contributed by atoms with Gasteiger partial charge >= 0.3 is 0 Å². The van der Waals surface area contributed by atoms with E-state index in [2.05, 4.69) is 57.9 Å². The predicted octanol–water partition coefficient (Wildman–Crippen LogP) is 5.90. The van der Waals surface area contributed by atoms with Crippen LogP contribution in [0, 0.1) is 11.8 Å². The molecule has 5 heteroatoms. The summed E-state index contributed by atoms with van der Waals surface area (Å²) in [6.45, 7) is 5.33. The molecule has 6 rings (SSSR count). The van der Waals surface area contributed by atoms with Gasteiger partial charge in [0, 0.05) is 66.7 Å². The molecule has 2 N–H and O–H groups in total. The van der Waals surface area contributed by atoms with Crippen LogP contribution in [0.4, 0.5) is 0 Å². The smallest absolute Gasteiger partial charge is 0.196 e. The summed E-state index contributed by atoms with van der Waals surface area (Å²) in [5, 5.41) is 12.1. The number of fused-ring (bicyclic) bond motifs is 1. The van der Waals surface area contributed by atoms with Crippen LogP contribution < -0.4 is 0 Å². The number of hydrogen-bond donors (Lipinski definition) is 2. The molecule has 0 aliphatic carbocycles. The zero-order valence-electron chi connectivity index (χ0n) is 23.2. The first-order valence-corrected chi connectivity index (χ1v) is 14.0. The summed E-state index contributed by atoms with van der Waals surface area (Å²) in [5.41, 5.74) is 6.52. The van der Waals surface area contributed by atoms with Crippen LogP contribution in [0.25, 0.3) is 22.0 Å². The van der Waals surface area contributed by atoms with E-state index in [1.807, 2.05) is 60.8 Å². The second kappa shape index (κ2) is 12.0. The fraction of sp³-hybridized carbons (Fsp3) is 0.194. The first-order valence-electron chi connectivity index (χ1n) is 14.0. The molecule has 1 unspecified atom stereocenters. The second-order valence-electron chi connectivity index (χ2n) is 10.7. The maximum Gasteiger partial charge on any atom is 0.196 e. The first kappa shape index (κ1) is 26.7. The fourth-order valence-corrected chi connectivity index (χ4v) is 5.41. The van der Waals surface area contributed by atoms with Gasteiger partial charge in [0.1, 0.15) is 6.10 Å². The number of ketones is 1. The van der Waals surface area contributed by atoms with E-state index < -0.39 is 6.10 Å². The standard InChI is InChI=1S/C36H33N3O2/c1-38-20-22-39(23-21-38)25-27-12-10-26(11-13-27)14-15-29-8-5-9-32(36(41)35(40)30-6-3-2-4-7-30)34(29)31-17-16-28-18-19-37-33(28)24-31/h2-13,16-19,24,35,37,40H,20-23,25H2,1H3. The third-order valence-corrected chi connectivity index (χ3v) is 7.83. The zero-order chi connectivity index (χ0) is 28.2. The van der Waals surface area contributed by atoms with E-state index in [0.29, 0.717) is 11.1 Å². The van der Waals surface area contributed by atoms with Crippen molar-refractivity contribution in [1.82, 2.24) is 14.8 Å². The lowest BCUT2D eigenvalue weighted by atomic mass is 9.89. The summed E-state index contributed by atoms with van der Waals surface area (Å²) in [4.78, 5) is 21.8. The van der Waals surface area contributed by atoms with Gasteiger partial charge in [0.15, 0.2) is 5.78 Å². The maximum absolute atomic E-state index is 13.7. The molecule has 0 amide bonds. The van der Waals surface area contributed by atoms with Crippen molar-refractivity contribution >= 4 is 16.7 Å². The molecule has 1 fully saturated rings. The number of aromatic nitrogens is 1. The van der Waals surface area contributed by atoms with Gasteiger partial charge in [0.25, 0.3) is 0 Å². The molecular weight excluding hydrogens is 506 g/mol. The number of nitrogens with one attached hydrogen (secondary N) is 1. The number of benzene rings is 4. The van der Waals surface area contributed by atoms with E-state index in [0.717, 1.165) is 65.9 Å². The quantitative estimate of drug-likeness (QED) is 0.208. The highest BCUT2D eigenvalue weighted by molar-refractivity contribution is 6.07. The lowest BCUT2D eigenvalue weighted by Crippen LogP contribution is -2.43. The van der Waals surface area contributed by atoms with Crippen LogP contribution in [0.15, 0.2) is 103 Å². The minimum absolute atomic E-state index is 0.352. The van der Waals surface area contributed by atoms with Crippen molar-refractivity contribution in [2.75, 3.05) is 33.2 Å². The molecule has 0 bridgehead atoms. The molecule has 41 heavy (non-hydrogen) atoms. The van der Waals surface area contributed by atoms with E-state index in [9.17, 15) is 9.90 Å². The Morgan fingerprint density at radius 3 is 2.44 bits per heavy atom. The maximum atomic E-state index is 13.7. The fourth-order valence-electron chi connectivity index (χ4n) is 5.41. The number of aromatic amines is 1. The zero-order valence-corrected chi connectivity index (χ0v) is 23.2. The van der Waals surface area contributed by atoms with Gasteiger partial charge in [0.2, 0.25) is 0 Å². The van der Waals surface area contributed by atoms with Crippen molar-refractivity contribution in [3.05, 3.63) is 131 Å². The van der Waals surface area contributed by atoms with Crippen LogP contribution >= 0.6 is 0 Å². The average Bonchev–Trinajstić information content (AvgIpc) is 3.49. The third kappa shape index (κ3) is 6.01. The molecule has 5 aromatic rings. The first-order chi connectivity index (χ1) is 20.0. The average molecular weight is 540 g/mol. The van der Waals surface area contributed by atoms with Crippen LogP contribution in [0.2, 0.25) is 0 Å². The van der Waals surface area contributed by atoms with E-state index in [1.165, 1.54) is 5.56 Å². The summed E-state index contributed by atoms with van der Waals surface area (Å²) in [7, 11) is 2.17. The Hall–Kier alpha value is -4.47. The Labute approximate surface area is 241 Å². The Bertz CT molecular complexity index is 1720. The molecule has 4 aromatic carbocycles. The number of aliphatic hydroxyl groups is 1. The second-order valence-corrected chi connectivity index (χ2v) is 10.7. The van der Waals surface area contributed by atoms with Gasteiger partial charge in [-0.3, -0.25) is 9.69 Å². The number of aliphatic hydroxyl groups excluding tert-OH is 1. The van der Waals surface area contributed by atoms with Crippen LogP contribution in [-0.4, -0.2) is 58.9 Å². The number of likely N-dealkylation sites (N-methyl/N-ethyl adjacent to an activating group) is 1. The van der Waals surface area contributed by atoms with Crippen LogP contribution in [0.3, 0.4) is 0 Å². The van der Waals surface area contributed by atoms with E-state index in [4.69, 9.17) is 0 Å². The molecule has 0 saturated carbocycles. The summed E-state index contributed by atoms with van der Waals surface area (Å²) in [6, 6.07) is 31.1. The number of H-pyrrole nitrogens is 1. The molecule has 1 aromatic heterocycles. The van der Waals surface area contributed by atoms with Gasteiger partial charge in [-0.1, -0.05) is 78.6 Å². The van der Waals surface area contributed by atoms with E-state index >= 15 is 0 Å². The molecule has 1 aliphatic heterocycles. The molecular formula is C36H33N3O2. The van der Waals surface area contributed by atoms with Gasteiger partial charge in [0.05, 0.1) is 0 Å². The van der Waals surface area contributed by atoms with Crippen LogP contribution in [0.5, 0.6) is 0 Å². The lowest BCUT2D eigenvalue weighted by Gasteiger charge is -2.32. The molecule has 204 valence electrons. The summed E-state index contributed by atoms with van der Waals surface area (Å²) in [5.74, 6) is 6.30. The van der Waals surface area contributed by atoms with Crippen molar-refractivity contribution in [3.8, 4) is 23.0 Å². The predicted molar refractivity (Wildman–Crippen MR) is 165 cm³/mol. The molecule has 1 atom stereocenters. The minimum atomic E-state index is -1.26. The van der Waals surface area contributed by atoms with Crippen molar-refractivity contribution in [3.63, 3.8) is 0 Å². The summed E-state index contributed by atoms with van der Waals surface area (Å²) in [6.07, 6.45) is 0.638. The highest BCUT2D eigenvalue weighted by atomic mass is 16.3. The lowest BCUT2D eigenvalue weighted by molar-refractivity contribution is 0.0748. The summed E-state index contributed by atoms with van der Waals surface area (Å²) < 4.78 is 0. The van der Waals surface area contributed by atoms with Gasteiger partial charge in [-0.2, -0.15) is 0 Å². The highest BCUT2D eigenvalue weighted by Crippen LogP contribution is 2.33. The Morgan fingerprint density at radius 1 is 0.878 bits per heavy atom. The number of piperazine rings is 1. The molecule has 2 heterocycles. The van der Waals surface area contributed by atoms with E-state index in [1.54, 1.807) is 18.2 Å². The molecule has 0 spiro atoms. The molecule has 0 radical (unpaired) electrons. The number of rotatable bonds is 6. The highest BCUT2D eigenvalue weighted by Gasteiger charge is 2.24. The third-order valence-electron chi connectivity index (χ3n) is 7.83. The summed E-state index contributed by atoms with van der Waals surface area (Å²) >= 11 is 0. The normalized spacial score (nSPS) is 14.9. The number of hydrogen-bond acceptors (Lipinski definition) is 4. The van der Waals surface area contributed by atoms with Gasteiger partial charge in [-0.05, 0) is 59.5 Å². The number of Topliss-reactive ketones (excluding diaryl/α,β-unsaturated/α-hetero) is 1. The van der Waals surface area contributed by atoms with Gasteiger partial charge in [-0.25, -0.2) is 0 Å². The molecule has 1 aliphatic rings.